The lowest BCUT2D eigenvalue weighted by molar-refractivity contribution is 0.597. The van der Waals surface area contributed by atoms with Crippen LogP contribution in [-0.4, -0.2) is 19.9 Å². The van der Waals surface area contributed by atoms with E-state index in [1.807, 2.05) is 0 Å². The minimum absolute atomic E-state index is 0.146. The number of hydrogen-bond donors (Lipinski definition) is 2. The first-order valence-electron chi connectivity index (χ1n) is 7.13. The van der Waals surface area contributed by atoms with E-state index in [1.165, 1.54) is 0 Å². The second kappa shape index (κ2) is 7.32. The number of sulfonamides is 1. The highest BCUT2D eigenvalue weighted by molar-refractivity contribution is 7.89. The zero-order valence-corrected chi connectivity index (χ0v) is 14.4. The molecule has 0 aliphatic heterocycles. The average Bonchev–Trinajstić information content (AvgIpc) is 2.92. The summed E-state index contributed by atoms with van der Waals surface area (Å²) >= 11 is 1.70. The van der Waals surface area contributed by atoms with Gasteiger partial charge >= 0.3 is 0 Å². The van der Waals surface area contributed by atoms with Crippen molar-refractivity contribution in [2.45, 2.75) is 37.6 Å². The molecule has 2 rings (SSSR count). The molecule has 0 spiro atoms. The van der Waals surface area contributed by atoms with Crippen LogP contribution < -0.4 is 10.5 Å². The van der Waals surface area contributed by atoms with Gasteiger partial charge in [0.25, 0.3) is 0 Å². The van der Waals surface area contributed by atoms with Gasteiger partial charge in [-0.2, -0.15) is 0 Å². The highest BCUT2D eigenvalue weighted by Gasteiger charge is 2.07. The molecule has 1 aromatic carbocycles. The van der Waals surface area contributed by atoms with Gasteiger partial charge in [0.2, 0.25) is 10.0 Å². The van der Waals surface area contributed by atoms with Gasteiger partial charge in [0.15, 0.2) is 0 Å². The molecule has 1 aromatic heterocycles. The van der Waals surface area contributed by atoms with E-state index in [0.717, 1.165) is 35.8 Å². The number of nitrogens with zero attached hydrogens (tertiary/aromatic N) is 1. The fourth-order valence-corrected chi connectivity index (χ4v) is 3.31. The van der Waals surface area contributed by atoms with E-state index in [0.29, 0.717) is 5.92 Å². The van der Waals surface area contributed by atoms with Gasteiger partial charge < -0.3 is 5.32 Å². The number of hydrogen-bond acceptors (Lipinski definition) is 5. The standard InChI is InChI=1S/C15H21N3O2S2/c1-11(2)15-18-13(10-21-15)9-17-8-7-12-3-5-14(6-4-12)22(16,19)20/h3-6,10-11,17H,7-9H2,1-2H3,(H2,16,19,20). The largest absolute Gasteiger partial charge is 0.311 e. The van der Waals surface area contributed by atoms with Crippen LogP contribution in [0.25, 0.3) is 0 Å². The minimum atomic E-state index is -3.61. The van der Waals surface area contributed by atoms with Crippen molar-refractivity contribution in [1.29, 1.82) is 0 Å². The first-order chi connectivity index (χ1) is 10.4. The Morgan fingerprint density at radius 2 is 1.95 bits per heavy atom. The number of rotatable bonds is 7. The molecule has 0 radical (unpaired) electrons. The second-order valence-corrected chi connectivity index (χ2v) is 7.90. The van der Waals surface area contributed by atoms with Crippen LogP contribution in [0.1, 0.15) is 36.0 Å². The van der Waals surface area contributed by atoms with E-state index in [9.17, 15) is 8.42 Å². The first kappa shape index (κ1) is 17.1. The van der Waals surface area contributed by atoms with Crippen LogP contribution in [0.3, 0.4) is 0 Å². The molecule has 5 nitrogen and oxygen atoms in total. The maximum atomic E-state index is 11.2. The van der Waals surface area contributed by atoms with Gasteiger partial charge in [-0.15, -0.1) is 11.3 Å². The number of benzene rings is 1. The summed E-state index contributed by atoms with van der Waals surface area (Å²) in [7, 11) is -3.61. The molecule has 0 amide bonds. The molecule has 0 atom stereocenters. The minimum Gasteiger partial charge on any atom is -0.311 e. The van der Waals surface area contributed by atoms with Crippen LogP contribution in [0.5, 0.6) is 0 Å². The Balaban J connectivity index is 1.79. The summed E-state index contributed by atoms with van der Waals surface area (Å²) in [4.78, 5) is 4.71. The smallest absolute Gasteiger partial charge is 0.238 e. The molecular formula is C15H21N3O2S2. The second-order valence-electron chi connectivity index (χ2n) is 5.45. The predicted octanol–water partition coefficient (Wildman–Crippen LogP) is 2.25. The number of thiazole rings is 1. The Hall–Kier alpha value is -1.28. The van der Waals surface area contributed by atoms with Gasteiger partial charge in [-0.05, 0) is 30.7 Å². The summed E-state index contributed by atoms with van der Waals surface area (Å²) in [5.74, 6) is 0.469. The molecular weight excluding hydrogens is 318 g/mol. The molecule has 0 aliphatic rings. The van der Waals surface area contributed by atoms with E-state index >= 15 is 0 Å². The molecule has 0 aliphatic carbocycles. The first-order valence-corrected chi connectivity index (χ1v) is 9.55. The molecule has 120 valence electrons. The summed E-state index contributed by atoms with van der Waals surface area (Å²) in [6, 6.07) is 6.67. The lowest BCUT2D eigenvalue weighted by Gasteiger charge is -2.04. The van der Waals surface area contributed by atoms with Crippen molar-refractivity contribution in [3.63, 3.8) is 0 Å². The maximum Gasteiger partial charge on any atom is 0.238 e. The average molecular weight is 339 g/mol. The normalized spacial score (nSPS) is 12.0. The van der Waals surface area contributed by atoms with Crippen molar-refractivity contribution in [3.8, 4) is 0 Å². The van der Waals surface area contributed by atoms with Crippen LogP contribution in [-0.2, 0) is 23.0 Å². The number of nitrogens with one attached hydrogen (secondary N) is 1. The summed E-state index contributed by atoms with van der Waals surface area (Å²) in [5.41, 5.74) is 2.14. The molecule has 1 heterocycles. The monoisotopic (exact) mass is 339 g/mol. The van der Waals surface area contributed by atoms with Gasteiger partial charge in [0.05, 0.1) is 15.6 Å². The van der Waals surface area contributed by atoms with Gasteiger partial charge in [-0.3, -0.25) is 0 Å². The molecule has 0 saturated heterocycles. The molecule has 7 heteroatoms. The lowest BCUT2D eigenvalue weighted by atomic mass is 10.1. The third kappa shape index (κ3) is 4.88. The summed E-state index contributed by atoms with van der Waals surface area (Å²) in [6.45, 7) is 5.84. The van der Waals surface area contributed by atoms with Crippen LogP contribution in [0.2, 0.25) is 0 Å². The van der Waals surface area contributed by atoms with Crippen molar-refractivity contribution in [3.05, 3.63) is 45.9 Å². The molecule has 2 aromatic rings. The Bertz CT molecular complexity index is 707. The number of aromatic nitrogens is 1. The van der Waals surface area contributed by atoms with Gasteiger partial charge in [-0.25, -0.2) is 18.5 Å². The topological polar surface area (TPSA) is 85.1 Å². The molecule has 22 heavy (non-hydrogen) atoms. The fraction of sp³-hybridized carbons (Fsp3) is 0.400. The van der Waals surface area contributed by atoms with E-state index in [1.54, 1.807) is 35.6 Å². The SMILES string of the molecule is CC(C)c1nc(CNCCc2ccc(S(N)(=O)=O)cc2)cs1. The fourth-order valence-electron chi connectivity index (χ4n) is 1.96. The highest BCUT2D eigenvalue weighted by atomic mass is 32.2. The number of primary sulfonamides is 1. The Morgan fingerprint density at radius 3 is 2.50 bits per heavy atom. The van der Waals surface area contributed by atoms with Gasteiger partial charge in [-0.1, -0.05) is 26.0 Å². The number of nitrogens with two attached hydrogens (primary N) is 1. The molecule has 0 fully saturated rings. The summed E-state index contributed by atoms with van der Waals surface area (Å²) in [5, 5.41) is 11.7. The van der Waals surface area contributed by atoms with E-state index < -0.39 is 10.0 Å². The highest BCUT2D eigenvalue weighted by Crippen LogP contribution is 2.18. The Morgan fingerprint density at radius 1 is 1.27 bits per heavy atom. The van der Waals surface area contributed by atoms with Gasteiger partial charge in [0, 0.05) is 17.8 Å². The molecule has 0 saturated carbocycles. The van der Waals surface area contributed by atoms with Crippen molar-refractivity contribution >= 4 is 21.4 Å². The molecule has 3 N–H and O–H groups in total. The van der Waals surface area contributed by atoms with Crippen LogP contribution >= 0.6 is 11.3 Å². The third-order valence-corrected chi connectivity index (χ3v) is 5.34. The van der Waals surface area contributed by atoms with E-state index in [4.69, 9.17) is 5.14 Å². The van der Waals surface area contributed by atoms with E-state index in [2.05, 4.69) is 29.5 Å². The maximum absolute atomic E-state index is 11.2. The Kier molecular flexibility index (Phi) is 5.69. The summed E-state index contributed by atoms with van der Waals surface area (Å²) in [6.07, 6.45) is 0.825. The van der Waals surface area contributed by atoms with E-state index in [-0.39, 0.29) is 4.90 Å². The van der Waals surface area contributed by atoms with Crippen LogP contribution in [0, 0.1) is 0 Å². The van der Waals surface area contributed by atoms with Crippen molar-refractivity contribution in [1.82, 2.24) is 10.3 Å². The molecule has 0 bridgehead atoms. The predicted molar refractivity (Wildman–Crippen MR) is 89.4 cm³/mol. The zero-order valence-electron chi connectivity index (χ0n) is 12.7. The van der Waals surface area contributed by atoms with Crippen LogP contribution in [0.4, 0.5) is 0 Å². The zero-order chi connectivity index (χ0) is 16.2. The van der Waals surface area contributed by atoms with Crippen molar-refractivity contribution in [2.24, 2.45) is 5.14 Å². The van der Waals surface area contributed by atoms with Gasteiger partial charge in [0.1, 0.15) is 0 Å². The Labute approximate surface area is 135 Å². The summed E-state index contributed by atoms with van der Waals surface area (Å²) < 4.78 is 22.3. The lowest BCUT2D eigenvalue weighted by Crippen LogP contribution is -2.17. The van der Waals surface area contributed by atoms with Crippen molar-refractivity contribution in [2.75, 3.05) is 6.54 Å². The molecule has 0 unspecified atom stereocenters. The quantitative estimate of drug-likeness (QED) is 0.758. The van der Waals surface area contributed by atoms with Crippen LogP contribution in [0.15, 0.2) is 34.5 Å². The van der Waals surface area contributed by atoms with Crippen molar-refractivity contribution < 1.29 is 8.42 Å². The third-order valence-electron chi connectivity index (χ3n) is 3.21.